The number of aromatic nitrogens is 3. The molecular weight excluding hydrogens is 532 g/mol. The van der Waals surface area contributed by atoms with Crippen LogP contribution in [0, 0.1) is 17.1 Å². The minimum Gasteiger partial charge on any atom is -0.352 e. The molecule has 1 aliphatic heterocycles. The summed E-state index contributed by atoms with van der Waals surface area (Å²) in [6, 6.07) is 11.4. The minimum absolute atomic E-state index is 0.0383. The Morgan fingerprint density at radius 1 is 1.25 bits per heavy atom. The summed E-state index contributed by atoms with van der Waals surface area (Å²) in [4.78, 5) is 21.5. The predicted octanol–water partition coefficient (Wildman–Crippen LogP) is 6.35. The summed E-state index contributed by atoms with van der Waals surface area (Å²) in [6.45, 7) is 10.7. The summed E-state index contributed by atoms with van der Waals surface area (Å²) in [5, 5.41) is 9.24. The fourth-order valence-corrected chi connectivity index (χ4v) is 6.84. The second kappa shape index (κ2) is 13.7. The van der Waals surface area contributed by atoms with E-state index >= 15 is 4.39 Å². The number of hydrogen-bond donors (Lipinski definition) is 0. The Hall–Kier alpha value is -2.80. The van der Waals surface area contributed by atoms with Gasteiger partial charge in [-0.3, -0.25) is 4.79 Å². The van der Waals surface area contributed by atoms with Gasteiger partial charge in [0.2, 0.25) is 0 Å². The summed E-state index contributed by atoms with van der Waals surface area (Å²) in [5.74, 6) is -0.644. The Morgan fingerprint density at radius 3 is 2.62 bits per heavy atom. The van der Waals surface area contributed by atoms with E-state index in [1.165, 1.54) is 12.5 Å². The lowest BCUT2D eigenvalue weighted by atomic mass is 10.1. The van der Waals surface area contributed by atoms with E-state index in [9.17, 15) is 4.79 Å². The van der Waals surface area contributed by atoms with Gasteiger partial charge in [-0.15, -0.1) is 0 Å². The third-order valence-corrected chi connectivity index (χ3v) is 9.00. The van der Waals surface area contributed by atoms with Crippen LogP contribution in [0.4, 0.5) is 4.39 Å². The standard InChI is InChI=1S/C29H37FN5O4P/c1-6-25-26(39-40(37-14-10-13-31)35(19(2)3)20(4)5)16-27(38-25)34-17-22(30)28-23(32-18-33-29(28)34)15-24(36)21-11-8-7-9-12-21/h7-9,11-12,17-20,25-27H,6,10,14-16H2,1-5H3/t25-,26+,27-,40?/m1/s1. The molecule has 4 atom stereocenters. The van der Waals surface area contributed by atoms with E-state index in [0.29, 0.717) is 29.7 Å². The number of carbonyl (C=O) groups is 1. The first kappa shape index (κ1) is 30.2. The molecule has 11 heteroatoms. The number of hydrogen-bond acceptors (Lipinski definition) is 8. The maximum absolute atomic E-state index is 15.4. The number of halogens is 1. The van der Waals surface area contributed by atoms with E-state index in [4.69, 9.17) is 19.0 Å². The summed E-state index contributed by atoms with van der Waals surface area (Å²) < 4.78 is 38.3. The highest BCUT2D eigenvalue weighted by Gasteiger charge is 2.41. The topological polar surface area (TPSA) is 103 Å². The van der Waals surface area contributed by atoms with Crippen LogP contribution in [0.3, 0.4) is 0 Å². The molecule has 1 fully saturated rings. The Bertz CT molecular complexity index is 1320. The second-order valence-corrected chi connectivity index (χ2v) is 11.7. The Morgan fingerprint density at radius 2 is 1.98 bits per heavy atom. The number of Topliss-reactive ketones (excluding diaryl/α,β-unsaturated/α-hetero) is 1. The van der Waals surface area contributed by atoms with Crippen molar-refractivity contribution in [2.45, 2.75) is 90.8 Å². The molecule has 3 heterocycles. The third-order valence-electron chi connectivity index (χ3n) is 6.85. The Labute approximate surface area is 236 Å². The van der Waals surface area contributed by atoms with Crippen molar-refractivity contribution in [3.8, 4) is 6.07 Å². The van der Waals surface area contributed by atoms with Gasteiger partial charge in [0.15, 0.2) is 11.6 Å². The van der Waals surface area contributed by atoms with Crippen LogP contribution >= 0.6 is 8.53 Å². The average Bonchev–Trinajstić information content (AvgIpc) is 3.49. The van der Waals surface area contributed by atoms with Crippen LogP contribution in [0.2, 0.25) is 0 Å². The molecule has 0 N–H and O–H groups in total. The first-order chi connectivity index (χ1) is 19.2. The first-order valence-corrected chi connectivity index (χ1v) is 14.9. The van der Waals surface area contributed by atoms with Gasteiger partial charge in [-0.05, 0) is 34.1 Å². The zero-order valence-corrected chi connectivity index (χ0v) is 24.6. The number of benzene rings is 1. The summed E-state index contributed by atoms with van der Waals surface area (Å²) in [6.07, 6.45) is 3.07. The molecule has 3 aromatic rings. The van der Waals surface area contributed by atoms with Crippen LogP contribution < -0.4 is 0 Å². The SMILES string of the molecule is CC[C@H]1O[C@@H](n2cc(F)c3c(CC(=O)c4ccccc4)ncnc32)C[C@@H]1OP(OCCC#N)N(C(C)C)C(C)C. The molecule has 0 saturated carbocycles. The molecule has 0 amide bonds. The first-order valence-electron chi connectivity index (χ1n) is 13.7. The minimum atomic E-state index is -1.46. The van der Waals surface area contributed by atoms with Crippen LogP contribution in [-0.2, 0) is 20.2 Å². The van der Waals surface area contributed by atoms with E-state index in [1.807, 2.05) is 13.0 Å². The van der Waals surface area contributed by atoms with Crippen LogP contribution in [0.25, 0.3) is 11.0 Å². The Balaban J connectivity index is 1.58. The molecular formula is C29H37FN5O4P. The van der Waals surface area contributed by atoms with Gasteiger partial charge in [-0.2, -0.15) is 5.26 Å². The lowest BCUT2D eigenvalue weighted by Crippen LogP contribution is -2.35. The van der Waals surface area contributed by atoms with Gasteiger partial charge in [0, 0.05) is 30.3 Å². The van der Waals surface area contributed by atoms with Crippen molar-refractivity contribution in [2.75, 3.05) is 6.61 Å². The van der Waals surface area contributed by atoms with Crippen molar-refractivity contribution in [1.82, 2.24) is 19.2 Å². The van der Waals surface area contributed by atoms with Gasteiger partial charge >= 0.3 is 0 Å². The molecule has 1 unspecified atom stereocenters. The molecule has 40 heavy (non-hydrogen) atoms. The average molecular weight is 570 g/mol. The maximum Gasteiger partial charge on any atom is 0.259 e. The normalized spacial score (nSPS) is 20.1. The van der Waals surface area contributed by atoms with Crippen LogP contribution in [0.15, 0.2) is 42.9 Å². The fraction of sp³-hybridized carbons (Fsp3) is 0.517. The monoisotopic (exact) mass is 569 g/mol. The molecule has 0 radical (unpaired) electrons. The molecule has 4 rings (SSSR count). The number of carbonyl (C=O) groups excluding carboxylic acids is 1. The summed E-state index contributed by atoms with van der Waals surface area (Å²) >= 11 is 0. The van der Waals surface area contributed by atoms with Gasteiger partial charge in [-0.25, -0.2) is 19.0 Å². The maximum atomic E-state index is 15.4. The molecule has 1 saturated heterocycles. The summed E-state index contributed by atoms with van der Waals surface area (Å²) in [5.41, 5.74) is 1.26. The zero-order chi connectivity index (χ0) is 28.8. The van der Waals surface area contributed by atoms with Crippen molar-refractivity contribution < 1.29 is 23.0 Å². The predicted molar refractivity (Wildman–Crippen MR) is 151 cm³/mol. The van der Waals surface area contributed by atoms with Crippen LogP contribution in [0.1, 0.15) is 76.2 Å². The van der Waals surface area contributed by atoms with E-state index in [0.717, 1.165) is 0 Å². The third kappa shape index (κ3) is 6.73. The quantitative estimate of drug-likeness (QED) is 0.133. The molecule has 214 valence electrons. The highest BCUT2D eigenvalue weighted by atomic mass is 31.2. The number of ketones is 1. The van der Waals surface area contributed by atoms with E-state index in [-0.39, 0.29) is 54.9 Å². The molecule has 9 nitrogen and oxygen atoms in total. The Kier molecular flexibility index (Phi) is 10.3. The van der Waals surface area contributed by atoms with Gasteiger partial charge in [0.05, 0.1) is 48.8 Å². The van der Waals surface area contributed by atoms with Gasteiger partial charge in [0.1, 0.15) is 18.2 Å². The summed E-state index contributed by atoms with van der Waals surface area (Å²) in [7, 11) is -1.46. The van der Waals surface area contributed by atoms with Crippen LogP contribution in [0.5, 0.6) is 0 Å². The number of rotatable bonds is 13. The molecule has 1 aromatic carbocycles. The van der Waals surface area contributed by atoms with Gasteiger partial charge in [-0.1, -0.05) is 37.3 Å². The highest BCUT2D eigenvalue weighted by molar-refractivity contribution is 7.44. The molecule has 0 aliphatic carbocycles. The highest BCUT2D eigenvalue weighted by Crippen LogP contribution is 2.50. The van der Waals surface area contributed by atoms with Crippen molar-refractivity contribution in [2.24, 2.45) is 0 Å². The largest absolute Gasteiger partial charge is 0.352 e. The van der Waals surface area contributed by atoms with E-state index in [1.54, 1.807) is 28.8 Å². The van der Waals surface area contributed by atoms with Crippen LogP contribution in [-0.4, -0.2) is 55.9 Å². The number of nitrogens with zero attached hydrogens (tertiary/aromatic N) is 5. The molecule has 0 bridgehead atoms. The number of ether oxygens (including phenoxy) is 1. The van der Waals surface area contributed by atoms with Gasteiger partial charge < -0.3 is 18.4 Å². The van der Waals surface area contributed by atoms with E-state index < -0.39 is 20.6 Å². The lowest BCUT2D eigenvalue weighted by molar-refractivity contribution is -0.0165. The zero-order valence-electron chi connectivity index (χ0n) is 23.7. The van der Waals surface area contributed by atoms with Crippen molar-refractivity contribution >= 4 is 25.3 Å². The van der Waals surface area contributed by atoms with E-state index in [2.05, 4.69) is 48.4 Å². The molecule has 2 aromatic heterocycles. The molecule has 1 aliphatic rings. The van der Waals surface area contributed by atoms with Crippen molar-refractivity contribution in [1.29, 1.82) is 5.26 Å². The fourth-order valence-electron chi connectivity index (χ4n) is 5.09. The second-order valence-electron chi connectivity index (χ2n) is 10.3. The molecule has 0 spiro atoms. The lowest BCUT2D eigenvalue weighted by Gasteiger charge is -2.37. The van der Waals surface area contributed by atoms with Gasteiger partial charge in [0.25, 0.3) is 8.53 Å². The van der Waals surface area contributed by atoms with Crippen molar-refractivity contribution in [3.05, 3.63) is 59.9 Å². The number of nitriles is 1. The smallest absolute Gasteiger partial charge is 0.259 e. The van der Waals surface area contributed by atoms with Crippen molar-refractivity contribution in [3.63, 3.8) is 0 Å². The number of fused-ring (bicyclic) bond motifs is 1.